The Hall–Kier alpha value is -1.91. The van der Waals surface area contributed by atoms with Gasteiger partial charge < -0.3 is 10.4 Å². The van der Waals surface area contributed by atoms with E-state index in [2.05, 4.69) is 5.32 Å². The fraction of sp³-hybridized carbons (Fsp3) is 0.273. The molecule has 1 aliphatic heterocycles. The number of rotatable bonds is 2. The molecule has 2 rings (SSSR count). The van der Waals surface area contributed by atoms with Crippen LogP contribution in [0.2, 0.25) is 0 Å². The molecule has 0 radical (unpaired) electrons. The van der Waals surface area contributed by atoms with Gasteiger partial charge in [-0.2, -0.15) is 0 Å². The molecule has 1 amide bonds. The molecule has 2 atom stereocenters. The maximum atomic E-state index is 13.5. The van der Waals surface area contributed by atoms with Crippen LogP contribution in [0.25, 0.3) is 0 Å². The summed E-state index contributed by atoms with van der Waals surface area (Å²) in [5.41, 5.74) is 0.272. The van der Waals surface area contributed by atoms with E-state index in [9.17, 15) is 14.0 Å². The van der Waals surface area contributed by atoms with Gasteiger partial charge in [0, 0.05) is 12.5 Å². The number of amides is 1. The second-order valence-corrected chi connectivity index (χ2v) is 3.69. The molecule has 16 heavy (non-hydrogen) atoms. The molecule has 0 unspecified atom stereocenters. The number of carboxylic acid groups (broad SMARTS) is 1. The van der Waals surface area contributed by atoms with Crippen LogP contribution in [0.1, 0.15) is 11.5 Å². The normalized spacial score (nSPS) is 24.2. The van der Waals surface area contributed by atoms with E-state index < -0.39 is 29.5 Å². The van der Waals surface area contributed by atoms with Gasteiger partial charge in [-0.25, -0.2) is 4.39 Å². The first-order valence-corrected chi connectivity index (χ1v) is 4.86. The highest BCUT2D eigenvalue weighted by molar-refractivity contribution is 5.99. The average molecular weight is 223 g/mol. The molecule has 2 N–H and O–H groups in total. The van der Waals surface area contributed by atoms with Crippen molar-refractivity contribution < 1.29 is 19.1 Å². The van der Waals surface area contributed by atoms with E-state index in [4.69, 9.17) is 5.11 Å². The predicted molar refractivity (Wildman–Crippen MR) is 53.3 cm³/mol. The molecule has 1 aromatic rings. The molecule has 0 saturated carbocycles. The first-order valence-electron chi connectivity index (χ1n) is 4.86. The molecule has 1 aromatic carbocycles. The fourth-order valence-corrected chi connectivity index (χ4v) is 1.97. The Kier molecular flexibility index (Phi) is 2.60. The molecule has 84 valence electrons. The van der Waals surface area contributed by atoms with Crippen LogP contribution < -0.4 is 5.32 Å². The Labute approximate surface area is 91.1 Å². The summed E-state index contributed by atoms with van der Waals surface area (Å²) in [5.74, 6) is -4.08. The van der Waals surface area contributed by atoms with Gasteiger partial charge in [0.05, 0.1) is 0 Å². The van der Waals surface area contributed by atoms with Gasteiger partial charge >= 0.3 is 5.97 Å². The van der Waals surface area contributed by atoms with Crippen LogP contribution >= 0.6 is 0 Å². The standard InChI is InChI=1S/C11H10FNO3/c12-8-4-2-1-3-6(8)7-5-13-10(14)9(7)11(15)16/h1-4,7,9H,5H2,(H,13,14)(H,15,16)/t7-,9-/m0/s1. The van der Waals surface area contributed by atoms with Crippen molar-refractivity contribution in [3.8, 4) is 0 Å². The number of carboxylic acids is 1. The lowest BCUT2D eigenvalue weighted by molar-refractivity contribution is -0.145. The molecule has 1 saturated heterocycles. The minimum Gasteiger partial charge on any atom is -0.481 e. The van der Waals surface area contributed by atoms with E-state index in [0.717, 1.165) is 0 Å². The molecule has 0 bridgehead atoms. The lowest BCUT2D eigenvalue weighted by Gasteiger charge is -2.13. The molecule has 5 heteroatoms. The Morgan fingerprint density at radius 1 is 1.44 bits per heavy atom. The summed E-state index contributed by atoms with van der Waals surface area (Å²) in [6.07, 6.45) is 0. The highest BCUT2D eigenvalue weighted by Crippen LogP contribution is 2.30. The third kappa shape index (κ3) is 1.64. The summed E-state index contributed by atoms with van der Waals surface area (Å²) < 4.78 is 13.5. The molecule has 1 aliphatic rings. The third-order valence-electron chi connectivity index (χ3n) is 2.75. The first-order chi connectivity index (χ1) is 7.61. The second kappa shape index (κ2) is 3.92. The van der Waals surface area contributed by atoms with E-state index >= 15 is 0 Å². The van der Waals surface area contributed by atoms with Crippen molar-refractivity contribution in [2.75, 3.05) is 6.54 Å². The maximum Gasteiger partial charge on any atom is 0.316 e. The zero-order valence-corrected chi connectivity index (χ0v) is 8.31. The topological polar surface area (TPSA) is 66.4 Å². The summed E-state index contributed by atoms with van der Waals surface area (Å²) in [5, 5.41) is 11.4. The van der Waals surface area contributed by atoms with Gasteiger partial charge in [-0.3, -0.25) is 9.59 Å². The zero-order chi connectivity index (χ0) is 11.7. The van der Waals surface area contributed by atoms with Gasteiger partial charge in [-0.1, -0.05) is 18.2 Å². The quantitative estimate of drug-likeness (QED) is 0.727. The number of aliphatic carboxylic acids is 1. The van der Waals surface area contributed by atoms with Crippen LogP contribution in [0.5, 0.6) is 0 Å². The van der Waals surface area contributed by atoms with E-state index in [1.54, 1.807) is 6.07 Å². The lowest BCUT2D eigenvalue weighted by Crippen LogP contribution is -2.27. The number of nitrogens with one attached hydrogen (secondary N) is 1. The van der Waals surface area contributed by atoms with Crippen LogP contribution in [0.15, 0.2) is 24.3 Å². The molecular formula is C11H10FNO3. The number of hydrogen-bond acceptors (Lipinski definition) is 2. The van der Waals surface area contributed by atoms with Crippen LogP contribution in [-0.4, -0.2) is 23.5 Å². The minimum absolute atomic E-state index is 0.163. The predicted octanol–water partition coefficient (Wildman–Crippen LogP) is 0.740. The number of carbonyl (C=O) groups excluding carboxylic acids is 1. The van der Waals surface area contributed by atoms with Crippen molar-refractivity contribution in [2.45, 2.75) is 5.92 Å². The van der Waals surface area contributed by atoms with E-state index in [1.165, 1.54) is 18.2 Å². The SMILES string of the molecule is O=C(O)[C@@H]1C(=O)NC[C@H]1c1ccccc1F. The van der Waals surface area contributed by atoms with Crippen molar-refractivity contribution in [1.82, 2.24) is 5.32 Å². The van der Waals surface area contributed by atoms with Gasteiger partial charge in [0.25, 0.3) is 0 Å². The maximum absolute atomic E-state index is 13.5. The molecule has 1 heterocycles. The van der Waals surface area contributed by atoms with Gasteiger partial charge in [0.15, 0.2) is 0 Å². The highest BCUT2D eigenvalue weighted by Gasteiger charge is 2.41. The van der Waals surface area contributed by atoms with Crippen molar-refractivity contribution in [1.29, 1.82) is 0 Å². The summed E-state index contributed by atoms with van der Waals surface area (Å²) in [6, 6.07) is 5.92. The molecule has 1 fully saturated rings. The monoisotopic (exact) mass is 223 g/mol. The van der Waals surface area contributed by atoms with Crippen molar-refractivity contribution in [3.05, 3.63) is 35.6 Å². The molecule has 0 spiro atoms. The van der Waals surface area contributed by atoms with Gasteiger partial charge in [-0.15, -0.1) is 0 Å². The minimum atomic E-state index is -1.22. The molecule has 4 nitrogen and oxygen atoms in total. The Bertz CT molecular complexity index is 447. The van der Waals surface area contributed by atoms with Gasteiger partial charge in [-0.05, 0) is 11.6 Å². The third-order valence-corrected chi connectivity index (χ3v) is 2.75. The number of halogens is 1. The Morgan fingerprint density at radius 3 is 2.75 bits per heavy atom. The fourth-order valence-electron chi connectivity index (χ4n) is 1.97. The van der Waals surface area contributed by atoms with Crippen LogP contribution in [0, 0.1) is 11.7 Å². The van der Waals surface area contributed by atoms with Crippen LogP contribution in [0.3, 0.4) is 0 Å². The highest BCUT2D eigenvalue weighted by atomic mass is 19.1. The Balaban J connectivity index is 2.38. The second-order valence-electron chi connectivity index (χ2n) is 3.69. The van der Waals surface area contributed by atoms with Crippen LogP contribution in [0.4, 0.5) is 4.39 Å². The largest absolute Gasteiger partial charge is 0.481 e. The van der Waals surface area contributed by atoms with Crippen molar-refractivity contribution in [2.24, 2.45) is 5.92 Å². The van der Waals surface area contributed by atoms with Crippen LogP contribution in [-0.2, 0) is 9.59 Å². The summed E-state index contributed by atoms with van der Waals surface area (Å²) >= 11 is 0. The zero-order valence-electron chi connectivity index (χ0n) is 8.31. The van der Waals surface area contributed by atoms with Gasteiger partial charge in [0.1, 0.15) is 11.7 Å². The summed E-state index contributed by atoms with van der Waals surface area (Å²) in [4.78, 5) is 22.2. The molecule has 0 aliphatic carbocycles. The van der Waals surface area contributed by atoms with Crippen molar-refractivity contribution >= 4 is 11.9 Å². The Morgan fingerprint density at radius 2 is 2.12 bits per heavy atom. The lowest BCUT2D eigenvalue weighted by atomic mass is 9.88. The molecular weight excluding hydrogens is 213 g/mol. The number of benzene rings is 1. The van der Waals surface area contributed by atoms with E-state index in [1.807, 2.05) is 0 Å². The van der Waals surface area contributed by atoms with Crippen molar-refractivity contribution in [3.63, 3.8) is 0 Å². The van der Waals surface area contributed by atoms with Gasteiger partial charge in [0.2, 0.25) is 5.91 Å². The summed E-state index contributed by atoms with van der Waals surface area (Å²) in [7, 11) is 0. The number of hydrogen-bond donors (Lipinski definition) is 2. The number of carbonyl (C=O) groups is 2. The molecule has 0 aromatic heterocycles. The first kappa shape index (κ1) is 10.6. The smallest absolute Gasteiger partial charge is 0.316 e. The summed E-state index contributed by atoms with van der Waals surface area (Å²) in [6.45, 7) is 0.163. The average Bonchev–Trinajstić information content (AvgIpc) is 2.61. The van der Waals surface area contributed by atoms with E-state index in [-0.39, 0.29) is 12.1 Å². The van der Waals surface area contributed by atoms with E-state index in [0.29, 0.717) is 0 Å².